The summed E-state index contributed by atoms with van der Waals surface area (Å²) < 4.78 is 12.9. The summed E-state index contributed by atoms with van der Waals surface area (Å²) in [5.74, 6) is -0.204. The molecule has 0 bridgehead atoms. The van der Waals surface area contributed by atoms with Crippen LogP contribution < -0.4 is 0 Å². The molecule has 5 aromatic rings. The quantitative estimate of drug-likeness (QED) is 0.369. The minimum atomic E-state index is -0.204. The van der Waals surface area contributed by atoms with Gasteiger partial charge in [0.25, 0.3) is 0 Å². The van der Waals surface area contributed by atoms with Crippen molar-refractivity contribution < 1.29 is 4.39 Å². The van der Waals surface area contributed by atoms with Crippen molar-refractivity contribution in [3.8, 4) is 22.3 Å². The number of aromatic nitrogens is 2. The fourth-order valence-electron chi connectivity index (χ4n) is 3.01. The van der Waals surface area contributed by atoms with Crippen LogP contribution in [-0.2, 0) is 0 Å². The van der Waals surface area contributed by atoms with Crippen molar-refractivity contribution >= 4 is 11.0 Å². The predicted octanol–water partition coefficient (Wildman–Crippen LogP) is 6.72. The molecule has 1 aromatic heterocycles. The van der Waals surface area contributed by atoms with Crippen molar-refractivity contribution in [3.05, 3.63) is 115 Å². The van der Waals surface area contributed by atoms with Crippen molar-refractivity contribution in [1.82, 2.24) is 9.97 Å². The number of imidazole rings is 1. The average molecular weight is 366 g/mol. The second kappa shape index (κ2) is 8.31. The van der Waals surface area contributed by atoms with E-state index < -0.39 is 0 Å². The summed E-state index contributed by atoms with van der Waals surface area (Å²) >= 11 is 0. The number of nitrogens with zero attached hydrogens (tertiary/aromatic N) is 1. The number of para-hydroxylation sites is 2. The van der Waals surface area contributed by atoms with Gasteiger partial charge in [0.15, 0.2) is 0 Å². The molecule has 136 valence electrons. The zero-order chi connectivity index (χ0) is 19.2. The molecular weight excluding hydrogens is 347 g/mol. The van der Waals surface area contributed by atoms with Crippen LogP contribution in [0.5, 0.6) is 0 Å². The van der Waals surface area contributed by atoms with Crippen LogP contribution in [0.3, 0.4) is 0 Å². The number of aromatic amines is 1. The molecule has 0 saturated heterocycles. The van der Waals surface area contributed by atoms with E-state index in [1.54, 1.807) is 18.5 Å². The molecule has 0 radical (unpaired) electrons. The second-order valence-corrected chi connectivity index (χ2v) is 6.37. The van der Waals surface area contributed by atoms with E-state index in [0.717, 1.165) is 22.2 Å². The van der Waals surface area contributed by atoms with Gasteiger partial charge in [0.1, 0.15) is 5.82 Å². The van der Waals surface area contributed by atoms with Crippen LogP contribution in [0.15, 0.2) is 109 Å². The normalized spacial score (nSPS) is 10.3. The van der Waals surface area contributed by atoms with Gasteiger partial charge < -0.3 is 4.98 Å². The van der Waals surface area contributed by atoms with E-state index in [9.17, 15) is 4.39 Å². The standard InChI is InChI=1S/C18H13F.C7H6N2/c19-18-12-10-17(11-13-18)16-8-6-15(7-9-16)14-4-2-1-3-5-14;1-2-4-7-6(3-1)8-5-9-7/h1-13H;1-5H,(H,8,9). The fraction of sp³-hybridized carbons (Fsp3) is 0. The SMILES string of the molecule is Fc1ccc(-c2ccc(-c3ccccc3)cc2)cc1.c1ccc2[nH]cnc2c1. The number of nitrogens with one attached hydrogen (secondary N) is 1. The number of rotatable bonds is 2. The Hall–Kier alpha value is -3.72. The maximum Gasteiger partial charge on any atom is 0.123 e. The summed E-state index contributed by atoms with van der Waals surface area (Å²) in [5.41, 5.74) is 6.63. The van der Waals surface area contributed by atoms with E-state index in [-0.39, 0.29) is 5.82 Å². The molecular formula is C25H19FN2. The van der Waals surface area contributed by atoms with E-state index in [0.29, 0.717) is 0 Å². The molecule has 0 saturated carbocycles. The molecule has 0 amide bonds. The Labute approximate surface area is 163 Å². The molecule has 4 aromatic carbocycles. The first-order chi connectivity index (χ1) is 13.8. The van der Waals surface area contributed by atoms with Crippen LogP contribution in [0, 0.1) is 5.82 Å². The van der Waals surface area contributed by atoms with Gasteiger partial charge in [-0.25, -0.2) is 9.37 Å². The Kier molecular flexibility index (Phi) is 5.25. The Balaban J connectivity index is 0.000000177. The highest BCUT2D eigenvalue weighted by molar-refractivity contribution is 5.73. The minimum absolute atomic E-state index is 0.204. The van der Waals surface area contributed by atoms with Gasteiger partial charge in [-0.3, -0.25) is 0 Å². The second-order valence-electron chi connectivity index (χ2n) is 6.37. The molecule has 0 aliphatic heterocycles. The van der Waals surface area contributed by atoms with Crippen molar-refractivity contribution in [2.75, 3.05) is 0 Å². The molecule has 1 N–H and O–H groups in total. The maximum absolute atomic E-state index is 12.9. The highest BCUT2D eigenvalue weighted by Crippen LogP contribution is 2.24. The Morgan fingerprint density at radius 1 is 0.536 bits per heavy atom. The number of hydrogen-bond acceptors (Lipinski definition) is 1. The van der Waals surface area contributed by atoms with Gasteiger partial charge in [0, 0.05) is 0 Å². The largest absolute Gasteiger partial charge is 0.345 e. The summed E-state index contributed by atoms with van der Waals surface area (Å²) in [4.78, 5) is 7.07. The molecule has 0 unspecified atom stereocenters. The first kappa shape index (κ1) is 17.7. The molecule has 3 heteroatoms. The highest BCUT2D eigenvalue weighted by Gasteiger charge is 2.00. The molecule has 2 nitrogen and oxygen atoms in total. The van der Waals surface area contributed by atoms with Gasteiger partial charge in [-0.05, 0) is 46.5 Å². The summed E-state index contributed by atoms with van der Waals surface area (Å²) in [6.45, 7) is 0. The van der Waals surface area contributed by atoms with E-state index in [1.807, 2.05) is 42.5 Å². The lowest BCUT2D eigenvalue weighted by atomic mass is 10.0. The van der Waals surface area contributed by atoms with E-state index >= 15 is 0 Å². The fourth-order valence-corrected chi connectivity index (χ4v) is 3.01. The number of H-pyrrole nitrogens is 1. The zero-order valence-corrected chi connectivity index (χ0v) is 15.2. The van der Waals surface area contributed by atoms with Crippen LogP contribution in [-0.4, -0.2) is 9.97 Å². The lowest BCUT2D eigenvalue weighted by molar-refractivity contribution is 0.628. The summed E-state index contributed by atoms with van der Waals surface area (Å²) in [6.07, 6.45) is 1.70. The molecule has 28 heavy (non-hydrogen) atoms. The summed E-state index contributed by atoms with van der Waals surface area (Å²) in [7, 11) is 0. The third-order valence-electron chi connectivity index (χ3n) is 4.50. The lowest BCUT2D eigenvalue weighted by Crippen LogP contribution is -1.81. The summed E-state index contributed by atoms with van der Waals surface area (Å²) in [5, 5.41) is 0. The van der Waals surface area contributed by atoms with E-state index in [1.165, 1.54) is 23.3 Å². The Morgan fingerprint density at radius 3 is 1.64 bits per heavy atom. The van der Waals surface area contributed by atoms with Crippen molar-refractivity contribution in [2.24, 2.45) is 0 Å². The first-order valence-corrected chi connectivity index (χ1v) is 9.09. The zero-order valence-electron chi connectivity index (χ0n) is 15.2. The molecule has 0 aliphatic rings. The van der Waals surface area contributed by atoms with E-state index in [4.69, 9.17) is 0 Å². The van der Waals surface area contributed by atoms with Gasteiger partial charge in [0.05, 0.1) is 17.4 Å². The molecule has 1 heterocycles. The van der Waals surface area contributed by atoms with Gasteiger partial charge in [0.2, 0.25) is 0 Å². The Morgan fingerprint density at radius 2 is 1.04 bits per heavy atom. The molecule has 0 spiro atoms. The lowest BCUT2D eigenvalue weighted by Gasteiger charge is -2.05. The average Bonchev–Trinajstić information content (AvgIpc) is 3.25. The topological polar surface area (TPSA) is 28.7 Å². The highest BCUT2D eigenvalue weighted by atomic mass is 19.1. The minimum Gasteiger partial charge on any atom is -0.345 e. The van der Waals surface area contributed by atoms with Gasteiger partial charge in [-0.1, -0.05) is 78.9 Å². The van der Waals surface area contributed by atoms with Gasteiger partial charge in [-0.15, -0.1) is 0 Å². The smallest absolute Gasteiger partial charge is 0.123 e. The summed E-state index contributed by atoms with van der Waals surface area (Å²) in [6, 6.07) is 33.1. The predicted molar refractivity (Wildman–Crippen MR) is 113 cm³/mol. The maximum atomic E-state index is 12.9. The van der Waals surface area contributed by atoms with Crippen LogP contribution in [0.4, 0.5) is 4.39 Å². The number of fused-ring (bicyclic) bond motifs is 1. The molecule has 5 rings (SSSR count). The number of hydrogen-bond donors (Lipinski definition) is 1. The first-order valence-electron chi connectivity index (χ1n) is 9.09. The van der Waals surface area contributed by atoms with E-state index in [2.05, 4.69) is 46.4 Å². The van der Waals surface area contributed by atoms with Crippen LogP contribution >= 0.6 is 0 Å². The molecule has 0 atom stereocenters. The van der Waals surface area contributed by atoms with Crippen molar-refractivity contribution in [2.45, 2.75) is 0 Å². The van der Waals surface area contributed by atoms with Gasteiger partial charge in [-0.2, -0.15) is 0 Å². The van der Waals surface area contributed by atoms with Crippen LogP contribution in [0.1, 0.15) is 0 Å². The third-order valence-corrected chi connectivity index (χ3v) is 4.50. The monoisotopic (exact) mass is 366 g/mol. The van der Waals surface area contributed by atoms with Crippen LogP contribution in [0.25, 0.3) is 33.3 Å². The number of halogens is 1. The van der Waals surface area contributed by atoms with Crippen molar-refractivity contribution in [3.63, 3.8) is 0 Å². The van der Waals surface area contributed by atoms with Gasteiger partial charge >= 0.3 is 0 Å². The van der Waals surface area contributed by atoms with Crippen molar-refractivity contribution in [1.29, 1.82) is 0 Å². The molecule has 0 aliphatic carbocycles. The number of benzene rings is 4. The van der Waals surface area contributed by atoms with Crippen LogP contribution in [0.2, 0.25) is 0 Å². The molecule has 0 fully saturated rings. The Bertz CT molecular complexity index is 1110. The third kappa shape index (κ3) is 4.15.